The lowest BCUT2D eigenvalue weighted by molar-refractivity contribution is -0.125. The number of nitrogens with two attached hydrogens (primary N) is 1. The molecule has 0 aromatic carbocycles. The quantitative estimate of drug-likeness (QED) is 0.682. The van der Waals surface area contributed by atoms with E-state index >= 15 is 0 Å². The fourth-order valence-electron chi connectivity index (χ4n) is 2.25. The minimum absolute atomic E-state index is 0.0126. The number of carbonyl (C=O) groups is 1. The van der Waals surface area contributed by atoms with Crippen LogP contribution >= 0.6 is 0 Å². The molecule has 1 saturated carbocycles. The molecule has 3 heteroatoms. The molecule has 0 aromatic heterocycles. The summed E-state index contributed by atoms with van der Waals surface area (Å²) in [7, 11) is 0. The van der Waals surface area contributed by atoms with Gasteiger partial charge in [-0.05, 0) is 32.1 Å². The van der Waals surface area contributed by atoms with Gasteiger partial charge >= 0.3 is 0 Å². The van der Waals surface area contributed by atoms with Gasteiger partial charge in [-0.25, -0.2) is 0 Å². The SMILES string of the molecule is CCC(C)(N)C(=O)NCCCC1CCCC1. The van der Waals surface area contributed by atoms with Crippen LogP contribution in [0.4, 0.5) is 0 Å². The zero-order valence-electron chi connectivity index (χ0n) is 10.7. The van der Waals surface area contributed by atoms with Gasteiger partial charge in [0.1, 0.15) is 0 Å². The summed E-state index contributed by atoms with van der Waals surface area (Å²) in [5.74, 6) is 0.897. The number of nitrogens with one attached hydrogen (secondary N) is 1. The predicted octanol–water partition coefficient (Wildman–Crippen LogP) is 2.20. The Bertz CT molecular complexity index is 220. The van der Waals surface area contributed by atoms with Crippen LogP contribution in [0.3, 0.4) is 0 Å². The summed E-state index contributed by atoms with van der Waals surface area (Å²) in [6.07, 6.45) is 8.60. The van der Waals surface area contributed by atoms with Gasteiger partial charge in [0.05, 0.1) is 5.54 Å². The van der Waals surface area contributed by atoms with E-state index in [1.165, 1.54) is 32.1 Å². The van der Waals surface area contributed by atoms with E-state index in [0.717, 1.165) is 18.9 Å². The maximum Gasteiger partial charge on any atom is 0.239 e. The second-order valence-corrected chi connectivity index (χ2v) is 5.32. The fourth-order valence-corrected chi connectivity index (χ4v) is 2.25. The molecule has 1 rings (SSSR count). The summed E-state index contributed by atoms with van der Waals surface area (Å²) < 4.78 is 0. The molecule has 0 heterocycles. The van der Waals surface area contributed by atoms with E-state index in [0.29, 0.717) is 6.42 Å². The average Bonchev–Trinajstić information content (AvgIpc) is 2.76. The molecule has 1 aliphatic carbocycles. The van der Waals surface area contributed by atoms with Crippen LogP contribution in [0.25, 0.3) is 0 Å². The van der Waals surface area contributed by atoms with Crippen molar-refractivity contribution >= 4 is 5.91 Å². The second kappa shape index (κ2) is 6.24. The Morgan fingerprint density at radius 1 is 1.44 bits per heavy atom. The Kier molecular flexibility index (Phi) is 5.26. The molecule has 1 unspecified atom stereocenters. The smallest absolute Gasteiger partial charge is 0.239 e. The Balaban J connectivity index is 2.08. The third kappa shape index (κ3) is 4.12. The molecule has 0 bridgehead atoms. The molecule has 0 aliphatic heterocycles. The summed E-state index contributed by atoms with van der Waals surface area (Å²) in [5.41, 5.74) is 5.15. The molecule has 3 N–H and O–H groups in total. The van der Waals surface area contributed by atoms with E-state index in [1.807, 2.05) is 6.92 Å². The summed E-state index contributed by atoms with van der Waals surface area (Å²) in [4.78, 5) is 11.7. The van der Waals surface area contributed by atoms with Crippen molar-refractivity contribution in [3.05, 3.63) is 0 Å². The number of rotatable bonds is 6. The van der Waals surface area contributed by atoms with Crippen molar-refractivity contribution in [2.24, 2.45) is 11.7 Å². The number of hydrogen-bond donors (Lipinski definition) is 2. The summed E-state index contributed by atoms with van der Waals surface area (Å²) in [6, 6.07) is 0. The van der Waals surface area contributed by atoms with Crippen LogP contribution in [-0.4, -0.2) is 18.0 Å². The molecule has 0 aromatic rings. The predicted molar refractivity (Wildman–Crippen MR) is 67.1 cm³/mol. The van der Waals surface area contributed by atoms with Crippen LogP contribution in [0.1, 0.15) is 58.8 Å². The van der Waals surface area contributed by atoms with Crippen molar-refractivity contribution in [2.75, 3.05) is 6.54 Å². The maximum absolute atomic E-state index is 11.7. The van der Waals surface area contributed by atoms with Gasteiger partial charge in [-0.1, -0.05) is 32.6 Å². The monoisotopic (exact) mass is 226 g/mol. The van der Waals surface area contributed by atoms with Gasteiger partial charge in [-0.3, -0.25) is 4.79 Å². The van der Waals surface area contributed by atoms with Crippen LogP contribution in [0.2, 0.25) is 0 Å². The fraction of sp³-hybridized carbons (Fsp3) is 0.923. The molecule has 1 aliphatic rings. The van der Waals surface area contributed by atoms with Crippen LogP contribution < -0.4 is 11.1 Å². The number of amides is 1. The molecular formula is C13H26N2O. The molecule has 0 saturated heterocycles. The van der Waals surface area contributed by atoms with Gasteiger partial charge in [-0.15, -0.1) is 0 Å². The topological polar surface area (TPSA) is 55.1 Å². The molecule has 94 valence electrons. The van der Waals surface area contributed by atoms with E-state index in [-0.39, 0.29) is 5.91 Å². The van der Waals surface area contributed by atoms with Crippen molar-refractivity contribution in [3.8, 4) is 0 Å². The highest BCUT2D eigenvalue weighted by molar-refractivity contribution is 5.85. The van der Waals surface area contributed by atoms with E-state index in [9.17, 15) is 4.79 Å². The molecule has 1 fully saturated rings. The van der Waals surface area contributed by atoms with Crippen molar-refractivity contribution < 1.29 is 4.79 Å². The first-order chi connectivity index (χ1) is 7.56. The minimum Gasteiger partial charge on any atom is -0.355 e. The lowest BCUT2D eigenvalue weighted by atomic mass is 9.99. The van der Waals surface area contributed by atoms with Gasteiger partial charge in [0.25, 0.3) is 0 Å². The highest BCUT2D eigenvalue weighted by Gasteiger charge is 2.25. The first-order valence-corrected chi connectivity index (χ1v) is 6.63. The van der Waals surface area contributed by atoms with Crippen LogP contribution in [-0.2, 0) is 4.79 Å². The molecule has 1 atom stereocenters. The van der Waals surface area contributed by atoms with Gasteiger partial charge < -0.3 is 11.1 Å². The molecule has 0 spiro atoms. The lowest BCUT2D eigenvalue weighted by Gasteiger charge is -2.21. The lowest BCUT2D eigenvalue weighted by Crippen LogP contribution is -2.51. The van der Waals surface area contributed by atoms with Gasteiger partial charge in [-0.2, -0.15) is 0 Å². The van der Waals surface area contributed by atoms with Crippen molar-refractivity contribution in [2.45, 2.75) is 64.3 Å². The van der Waals surface area contributed by atoms with Crippen LogP contribution in [0, 0.1) is 5.92 Å². The van der Waals surface area contributed by atoms with E-state index in [2.05, 4.69) is 5.32 Å². The highest BCUT2D eigenvalue weighted by Crippen LogP contribution is 2.28. The largest absolute Gasteiger partial charge is 0.355 e. The molecule has 16 heavy (non-hydrogen) atoms. The summed E-state index contributed by atoms with van der Waals surface area (Å²) >= 11 is 0. The first kappa shape index (κ1) is 13.5. The zero-order valence-corrected chi connectivity index (χ0v) is 10.7. The van der Waals surface area contributed by atoms with E-state index in [4.69, 9.17) is 5.73 Å². The number of hydrogen-bond acceptors (Lipinski definition) is 2. The van der Waals surface area contributed by atoms with Gasteiger partial charge in [0.2, 0.25) is 5.91 Å². The summed E-state index contributed by atoms with van der Waals surface area (Å²) in [5, 5.41) is 2.93. The standard InChI is InChI=1S/C13H26N2O/c1-3-13(2,14)12(16)15-10-6-9-11-7-4-5-8-11/h11H,3-10,14H2,1-2H3,(H,15,16). The van der Waals surface area contributed by atoms with E-state index in [1.54, 1.807) is 6.92 Å². The van der Waals surface area contributed by atoms with Crippen LogP contribution in [0.5, 0.6) is 0 Å². The first-order valence-electron chi connectivity index (χ1n) is 6.63. The Morgan fingerprint density at radius 3 is 2.62 bits per heavy atom. The third-order valence-corrected chi connectivity index (χ3v) is 3.80. The van der Waals surface area contributed by atoms with E-state index < -0.39 is 5.54 Å². The van der Waals surface area contributed by atoms with Crippen LogP contribution in [0.15, 0.2) is 0 Å². The van der Waals surface area contributed by atoms with Crippen molar-refractivity contribution in [1.82, 2.24) is 5.32 Å². The second-order valence-electron chi connectivity index (χ2n) is 5.32. The molecule has 0 radical (unpaired) electrons. The number of carbonyl (C=O) groups excluding carboxylic acids is 1. The minimum atomic E-state index is -0.701. The summed E-state index contributed by atoms with van der Waals surface area (Å²) in [6.45, 7) is 4.51. The molecular weight excluding hydrogens is 200 g/mol. The van der Waals surface area contributed by atoms with Gasteiger partial charge in [0, 0.05) is 6.54 Å². The average molecular weight is 226 g/mol. The Labute approximate surface area is 99.2 Å². The normalized spacial score (nSPS) is 20.7. The molecule has 1 amide bonds. The molecule has 3 nitrogen and oxygen atoms in total. The zero-order chi connectivity index (χ0) is 12.0. The van der Waals surface area contributed by atoms with Crippen molar-refractivity contribution in [1.29, 1.82) is 0 Å². The third-order valence-electron chi connectivity index (χ3n) is 3.80. The van der Waals surface area contributed by atoms with Crippen molar-refractivity contribution in [3.63, 3.8) is 0 Å². The highest BCUT2D eigenvalue weighted by atomic mass is 16.2. The Morgan fingerprint density at radius 2 is 2.06 bits per heavy atom. The maximum atomic E-state index is 11.7. The Hall–Kier alpha value is -0.570. The van der Waals surface area contributed by atoms with Gasteiger partial charge in [0.15, 0.2) is 0 Å².